The summed E-state index contributed by atoms with van der Waals surface area (Å²) in [6, 6.07) is 17.4. The molecule has 29 heavy (non-hydrogen) atoms. The second-order valence-corrected chi connectivity index (χ2v) is 6.98. The average Bonchev–Trinajstić information content (AvgIpc) is 3.08. The fourth-order valence-corrected chi connectivity index (χ4v) is 3.80. The van der Waals surface area contributed by atoms with E-state index in [4.69, 9.17) is 10.5 Å². The summed E-state index contributed by atoms with van der Waals surface area (Å²) < 4.78 is 47.5. The minimum atomic E-state index is -4.69. The van der Waals surface area contributed by atoms with Crippen LogP contribution in [0.2, 0.25) is 0 Å². The fourth-order valence-electron chi connectivity index (χ4n) is 3.80. The molecule has 0 unspecified atom stereocenters. The summed E-state index contributed by atoms with van der Waals surface area (Å²) in [4.78, 5) is 0. The molecule has 0 radical (unpaired) electrons. The molecule has 2 aliphatic heterocycles. The number of halogens is 3. The van der Waals surface area contributed by atoms with Gasteiger partial charge in [0.1, 0.15) is 6.07 Å². The summed E-state index contributed by atoms with van der Waals surface area (Å²) in [5.41, 5.74) is 6.91. The number of hydrazone groups is 1. The van der Waals surface area contributed by atoms with Gasteiger partial charge in [0.25, 0.3) is 0 Å². The van der Waals surface area contributed by atoms with E-state index in [0.717, 1.165) is 5.56 Å². The molecule has 0 fully saturated rings. The molecule has 0 spiro atoms. The van der Waals surface area contributed by atoms with Crippen LogP contribution in [0.25, 0.3) is 0 Å². The largest absolute Gasteiger partial charge is 0.452 e. The standard InChI is InChI=1S/C21H17F3N4O/c1-12-7-9-13(10-8-12)16-15(11-25)19(26)29-20-17(16)18(21(22,23)24)27-28(20)14-5-3-2-4-6-14/h2-10,16-17,20H,26H2,1H3/t16-,17-,20-/m0/s1. The Balaban J connectivity index is 1.90. The fraction of sp³-hybridized carbons (Fsp3) is 0.238. The van der Waals surface area contributed by atoms with E-state index in [1.54, 1.807) is 54.6 Å². The molecule has 0 amide bonds. The van der Waals surface area contributed by atoms with Gasteiger partial charge in [-0.25, -0.2) is 5.01 Å². The number of aryl methyl sites for hydroxylation is 1. The number of hydrogen-bond acceptors (Lipinski definition) is 5. The van der Waals surface area contributed by atoms with E-state index >= 15 is 0 Å². The zero-order chi connectivity index (χ0) is 20.8. The van der Waals surface area contributed by atoms with Gasteiger partial charge in [-0.2, -0.15) is 23.5 Å². The van der Waals surface area contributed by atoms with Crippen molar-refractivity contribution in [1.29, 1.82) is 5.26 Å². The Bertz CT molecular complexity index is 1020. The van der Waals surface area contributed by atoms with Crippen LogP contribution in [-0.2, 0) is 4.74 Å². The number of nitrogens with two attached hydrogens (primary N) is 1. The lowest BCUT2D eigenvalue weighted by Gasteiger charge is -2.37. The first-order chi connectivity index (χ1) is 13.8. The van der Waals surface area contributed by atoms with Gasteiger partial charge in [-0.15, -0.1) is 0 Å². The Labute approximate surface area is 165 Å². The molecule has 0 aromatic heterocycles. The first kappa shape index (κ1) is 18.9. The Morgan fingerprint density at radius 3 is 2.34 bits per heavy atom. The molecule has 2 aromatic carbocycles. The topological polar surface area (TPSA) is 74.6 Å². The maximum absolute atomic E-state index is 14.0. The highest BCUT2D eigenvalue weighted by Gasteiger charge is 2.57. The molecule has 2 aromatic rings. The number of allylic oxidation sites excluding steroid dienone is 1. The molecule has 0 saturated heterocycles. The van der Waals surface area contributed by atoms with Gasteiger partial charge in [-0.05, 0) is 24.6 Å². The van der Waals surface area contributed by atoms with Gasteiger partial charge >= 0.3 is 6.18 Å². The molecule has 2 N–H and O–H groups in total. The van der Waals surface area contributed by atoms with E-state index in [1.807, 2.05) is 13.0 Å². The van der Waals surface area contributed by atoms with Gasteiger partial charge in [0.15, 0.2) is 5.71 Å². The highest BCUT2D eigenvalue weighted by atomic mass is 19.4. The normalized spacial score (nSPS) is 23.9. The van der Waals surface area contributed by atoms with Crippen molar-refractivity contribution in [3.05, 3.63) is 77.2 Å². The Morgan fingerprint density at radius 1 is 1.10 bits per heavy atom. The van der Waals surface area contributed by atoms with Crippen LogP contribution in [0.1, 0.15) is 17.0 Å². The molecule has 4 rings (SSSR count). The van der Waals surface area contributed by atoms with Gasteiger partial charge in [-0.1, -0.05) is 48.0 Å². The summed E-state index contributed by atoms with van der Waals surface area (Å²) in [6.07, 6.45) is -5.80. The number of ether oxygens (including phenoxy) is 1. The lowest BCUT2D eigenvalue weighted by molar-refractivity contribution is -0.0658. The number of nitriles is 1. The minimum Gasteiger partial charge on any atom is -0.452 e. The molecule has 0 saturated carbocycles. The maximum atomic E-state index is 14.0. The first-order valence-corrected chi connectivity index (χ1v) is 8.94. The monoisotopic (exact) mass is 398 g/mol. The summed E-state index contributed by atoms with van der Waals surface area (Å²) in [6.45, 7) is 1.88. The number of benzene rings is 2. The minimum absolute atomic E-state index is 0.0260. The lowest BCUT2D eigenvalue weighted by Crippen LogP contribution is -2.46. The van der Waals surface area contributed by atoms with Crippen molar-refractivity contribution in [3.63, 3.8) is 0 Å². The Hall–Kier alpha value is -3.47. The van der Waals surface area contributed by atoms with E-state index in [0.29, 0.717) is 11.3 Å². The number of anilines is 1. The molecule has 8 heteroatoms. The Kier molecular flexibility index (Phi) is 4.46. The molecule has 2 aliphatic rings. The maximum Gasteiger partial charge on any atom is 0.431 e. The van der Waals surface area contributed by atoms with Crippen LogP contribution in [0.4, 0.5) is 18.9 Å². The van der Waals surface area contributed by atoms with E-state index in [9.17, 15) is 18.4 Å². The molecular weight excluding hydrogens is 381 g/mol. The summed E-state index contributed by atoms with van der Waals surface area (Å²) >= 11 is 0. The molecule has 3 atom stereocenters. The number of hydrogen-bond donors (Lipinski definition) is 1. The van der Waals surface area contributed by atoms with Crippen LogP contribution in [0.3, 0.4) is 0 Å². The van der Waals surface area contributed by atoms with E-state index in [1.165, 1.54) is 5.01 Å². The zero-order valence-corrected chi connectivity index (χ0v) is 15.4. The summed E-state index contributed by atoms with van der Waals surface area (Å²) in [7, 11) is 0. The molecule has 2 heterocycles. The molecule has 5 nitrogen and oxygen atoms in total. The van der Waals surface area contributed by atoms with Gasteiger partial charge < -0.3 is 10.5 Å². The van der Waals surface area contributed by atoms with Crippen molar-refractivity contribution in [2.45, 2.75) is 25.2 Å². The second-order valence-electron chi connectivity index (χ2n) is 6.98. The van der Waals surface area contributed by atoms with Crippen molar-refractivity contribution in [2.24, 2.45) is 16.8 Å². The van der Waals surface area contributed by atoms with Gasteiger partial charge in [0.2, 0.25) is 12.1 Å². The molecule has 0 bridgehead atoms. The predicted octanol–water partition coefficient (Wildman–Crippen LogP) is 4.18. The lowest BCUT2D eigenvalue weighted by atomic mass is 9.76. The highest BCUT2D eigenvalue weighted by Crippen LogP contribution is 2.48. The highest BCUT2D eigenvalue weighted by molar-refractivity contribution is 5.96. The summed E-state index contributed by atoms with van der Waals surface area (Å²) in [5, 5.41) is 14.7. The zero-order valence-electron chi connectivity index (χ0n) is 15.4. The van der Waals surface area contributed by atoms with Crippen LogP contribution < -0.4 is 10.7 Å². The van der Waals surface area contributed by atoms with Crippen LogP contribution in [0, 0.1) is 24.2 Å². The number of rotatable bonds is 2. The number of alkyl halides is 3. The third kappa shape index (κ3) is 3.18. The number of fused-ring (bicyclic) bond motifs is 1. The van der Waals surface area contributed by atoms with Crippen molar-refractivity contribution in [1.82, 2.24) is 0 Å². The molecule has 148 valence electrons. The Morgan fingerprint density at radius 2 is 1.76 bits per heavy atom. The smallest absolute Gasteiger partial charge is 0.431 e. The van der Waals surface area contributed by atoms with Crippen LogP contribution in [0.5, 0.6) is 0 Å². The second kappa shape index (κ2) is 6.85. The van der Waals surface area contributed by atoms with Gasteiger partial charge in [-0.3, -0.25) is 0 Å². The number of para-hydroxylation sites is 1. The first-order valence-electron chi connectivity index (χ1n) is 8.94. The third-order valence-electron chi connectivity index (χ3n) is 5.13. The third-order valence-corrected chi connectivity index (χ3v) is 5.13. The van der Waals surface area contributed by atoms with Gasteiger partial charge in [0.05, 0.1) is 17.2 Å². The molecular formula is C21H17F3N4O. The van der Waals surface area contributed by atoms with E-state index in [-0.39, 0.29) is 11.5 Å². The van der Waals surface area contributed by atoms with Crippen LogP contribution in [-0.4, -0.2) is 18.1 Å². The predicted molar refractivity (Wildman–Crippen MR) is 102 cm³/mol. The quantitative estimate of drug-likeness (QED) is 0.823. The molecule has 0 aliphatic carbocycles. The number of nitrogens with zero attached hydrogens (tertiary/aromatic N) is 3. The average molecular weight is 398 g/mol. The van der Waals surface area contributed by atoms with Crippen LogP contribution in [0.15, 0.2) is 71.2 Å². The van der Waals surface area contributed by atoms with Crippen LogP contribution >= 0.6 is 0 Å². The van der Waals surface area contributed by atoms with E-state index < -0.39 is 30.0 Å². The SMILES string of the molecule is Cc1ccc([C@H]2C(C#N)=C(N)O[C@H]3[C@@H]2C(C(F)(F)F)=NN3c2ccccc2)cc1. The van der Waals surface area contributed by atoms with Crippen molar-refractivity contribution >= 4 is 11.4 Å². The van der Waals surface area contributed by atoms with Crippen molar-refractivity contribution in [2.75, 3.05) is 5.01 Å². The van der Waals surface area contributed by atoms with Crippen molar-refractivity contribution in [3.8, 4) is 6.07 Å². The van der Waals surface area contributed by atoms with Gasteiger partial charge in [0, 0.05) is 5.92 Å². The van der Waals surface area contributed by atoms with Crippen molar-refractivity contribution < 1.29 is 17.9 Å². The van der Waals surface area contributed by atoms with E-state index in [2.05, 4.69) is 5.10 Å². The summed E-state index contributed by atoms with van der Waals surface area (Å²) in [5.74, 6) is -2.34.